The van der Waals surface area contributed by atoms with E-state index in [0.29, 0.717) is 11.4 Å². The maximum atomic E-state index is 12.3. The molecule has 0 unspecified atom stereocenters. The minimum absolute atomic E-state index is 0.236. The van der Waals surface area contributed by atoms with E-state index in [4.69, 9.17) is 20.8 Å². The van der Waals surface area contributed by atoms with E-state index in [2.05, 4.69) is 10.2 Å². The van der Waals surface area contributed by atoms with E-state index < -0.39 is 5.97 Å². The lowest BCUT2D eigenvalue weighted by atomic mass is 10.1. The monoisotopic (exact) mass is 398 g/mol. The average molecular weight is 399 g/mol. The molecule has 0 N–H and O–H groups in total. The number of ether oxygens (including phenoxy) is 1. The summed E-state index contributed by atoms with van der Waals surface area (Å²) in [5, 5.41) is 9.98. The molecule has 0 aliphatic heterocycles. The van der Waals surface area contributed by atoms with E-state index in [9.17, 15) is 4.79 Å². The second-order valence-corrected chi connectivity index (χ2v) is 7.32. The van der Waals surface area contributed by atoms with Crippen LogP contribution in [0.5, 0.6) is 0 Å². The summed E-state index contributed by atoms with van der Waals surface area (Å²) in [6.07, 6.45) is 2.12. The van der Waals surface area contributed by atoms with Crippen molar-refractivity contribution in [1.29, 1.82) is 0 Å². The molecule has 0 bridgehead atoms. The first-order valence-corrected chi connectivity index (χ1v) is 9.59. The van der Waals surface area contributed by atoms with Crippen LogP contribution in [-0.2, 0) is 11.2 Å². The minimum atomic E-state index is -0.468. The van der Waals surface area contributed by atoms with E-state index in [0.717, 1.165) is 32.0 Å². The summed E-state index contributed by atoms with van der Waals surface area (Å²) in [4.78, 5) is 13.3. The molecule has 0 radical (unpaired) electrons. The second kappa shape index (κ2) is 7.50. The zero-order valence-corrected chi connectivity index (χ0v) is 16.0. The number of furan rings is 1. The number of hydrogen-bond acceptors (Lipinski definition) is 6. The summed E-state index contributed by atoms with van der Waals surface area (Å²) in [7, 11) is 0. The number of aromatic nitrogens is 2. The van der Waals surface area contributed by atoms with Crippen LogP contribution in [-0.4, -0.2) is 22.8 Å². The van der Waals surface area contributed by atoms with Crippen molar-refractivity contribution in [1.82, 2.24) is 10.2 Å². The number of hydrogen-bond donors (Lipinski definition) is 0. The molecule has 3 aromatic heterocycles. The second-order valence-electron chi connectivity index (χ2n) is 5.83. The van der Waals surface area contributed by atoms with Gasteiger partial charge in [-0.05, 0) is 42.8 Å². The molecule has 0 fully saturated rings. The van der Waals surface area contributed by atoms with Crippen LogP contribution in [0, 0.1) is 0 Å². The Labute approximate surface area is 164 Å². The Morgan fingerprint density at radius 2 is 2.04 bits per heavy atom. The molecular formula is C20H15ClN2O3S. The maximum absolute atomic E-state index is 12.3. The van der Waals surface area contributed by atoms with Crippen LogP contribution in [0.1, 0.15) is 28.9 Å². The summed E-state index contributed by atoms with van der Waals surface area (Å²) >= 11 is 7.48. The molecule has 0 saturated heterocycles. The summed E-state index contributed by atoms with van der Waals surface area (Å²) in [6.45, 7) is 2.05. The van der Waals surface area contributed by atoms with Gasteiger partial charge in [-0.2, -0.15) is 5.10 Å². The SMILES string of the molecule is CCOC(=O)c1nnc(Cc2ccco2)c2cc(-c3ccc(Cl)cc3)sc12. The van der Waals surface area contributed by atoms with E-state index in [1.54, 1.807) is 13.2 Å². The molecule has 27 heavy (non-hydrogen) atoms. The predicted octanol–water partition coefficient (Wildman–Crippen LogP) is 5.37. The van der Waals surface area contributed by atoms with E-state index in [1.165, 1.54) is 11.3 Å². The molecule has 0 aliphatic carbocycles. The number of rotatable bonds is 5. The fourth-order valence-electron chi connectivity index (χ4n) is 2.79. The third-order valence-corrected chi connectivity index (χ3v) is 5.49. The number of fused-ring (bicyclic) bond motifs is 1. The fraction of sp³-hybridized carbons (Fsp3) is 0.150. The number of halogens is 1. The van der Waals surface area contributed by atoms with Gasteiger partial charge in [0.25, 0.3) is 0 Å². The smallest absolute Gasteiger partial charge is 0.360 e. The number of esters is 1. The normalized spacial score (nSPS) is 11.0. The quantitative estimate of drug-likeness (QED) is 0.423. The summed E-state index contributed by atoms with van der Waals surface area (Å²) in [5.41, 5.74) is 2.00. The number of benzene rings is 1. The van der Waals surface area contributed by atoms with Gasteiger partial charge < -0.3 is 9.15 Å². The van der Waals surface area contributed by atoms with E-state index >= 15 is 0 Å². The largest absolute Gasteiger partial charge is 0.469 e. The Balaban J connectivity index is 1.85. The van der Waals surface area contributed by atoms with Crippen molar-refractivity contribution in [3.8, 4) is 10.4 Å². The molecule has 0 spiro atoms. The molecule has 4 rings (SSSR count). The van der Waals surface area contributed by atoms with Gasteiger partial charge in [0.15, 0.2) is 5.69 Å². The molecule has 0 atom stereocenters. The third kappa shape index (κ3) is 3.59. The fourth-order valence-corrected chi connectivity index (χ4v) is 4.07. The lowest BCUT2D eigenvalue weighted by Crippen LogP contribution is -2.09. The highest BCUT2D eigenvalue weighted by atomic mass is 35.5. The predicted molar refractivity (Wildman–Crippen MR) is 105 cm³/mol. The molecule has 1 aromatic carbocycles. The van der Waals surface area contributed by atoms with Gasteiger partial charge in [-0.3, -0.25) is 0 Å². The molecule has 0 aliphatic rings. The molecule has 0 amide bonds. The van der Waals surface area contributed by atoms with Gasteiger partial charge in [0.1, 0.15) is 5.76 Å². The Morgan fingerprint density at radius 1 is 1.22 bits per heavy atom. The Morgan fingerprint density at radius 3 is 2.74 bits per heavy atom. The highest BCUT2D eigenvalue weighted by Gasteiger charge is 2.20. The molecule has 7 heteroatoms. The van der Waals surface area contributed by atoms with Crippen LogP contribution in [0.25, 0.3) is 20.5 Å². The van der Waals surface area contributed by atoms with Crippen molar-refractivity contribution < 1.29 is 13.9 Å². The third-order valence-electron chi connectivity index (χ3n) is 4.05. The lowest BCUT2D eigenvalue weighted by Gasteiger charge is -2.04. The average Bonchev–Trinajstić information content (AvgIpc) is 3.32. The van der Waals surface area contributed by atoms with Gasteiger partial charge in [-0.1, -0.05) is 23.7 Å². The number of nitrogens with zero attached hydrogens (tertiary/aromatic N) is 2. The first-order chi connectivity index (χ1) is 13.2. The Bertz CT molecular complexity index is 1090. The van der Waals surface area contributed by atoms with Gasteiger partial charge in [-0.15, -0.1) is 16.4 Å². The highest BCUT2D eigenvalue weighted by Crippen LogP contribution is 2.37. The zero-order chi connectivity index (χ0) is 18.8. The molecule has 136 valence electrons. The van der Waals surface area contributed by atoms with E-state index in [-0.39, 0.29) is 12.3 Å². The zero-order valence-electron chi connectivity index (χ0n) is 14.4. The standard InChI is InChI=1S/C20H15ClN2O3S/c1-2-25-20(24)18-19-15(16(22-23-18)10-14-4-3-9-26-14)11-17(27-19)12-5-7-13(21)8-6-12/h3-9,11H,2,10H2,1H3. The van der Waals surface area contributed by atoms with Crippen LogP contribution in [0.15, 0.2) is 53.1 Å². The summed E-state index contributed by atoms with van der Waals surface area (Å²) < 4.78 is 11.3. The van der Waals surface area contributed by atoms with E-state index in [1.807, 2.05) is 42.5 Å². The number of carbonyl (C=O) groups is 1. The highest BCUT2D eigenvalue weighted by molar-refractivity contribution is 7.22. The molecular weight excluding hydrogens is 384 g/mol. The molecule has 5 nitrogen and oxygen atoms in total. The molecule has 0 saturated carbocycles. The van der Waals surface area contributed by atoms with Crippen molar-refractivity contribution in [2.45, 2.75) is 13.3 Å². The lowest BCUT2D eigenvalue weighted by molar-refractivity contribution is 0.0521. The van der Waals surface area contributed by atoms with Crippen molar-refractivity contribution in [3.63, 3.8) is 0 Å². The topological polar surface area (TPSA) is 65.2 Å². The summed E-state index contributed by atoms with van der Waals surface area (Å²) in [5.74, 6) is 0.317. The number of thiophene rings is 1. The minimum Gasteiger partial charge on any atom is -0.469 e. The van der Waals surface area contributed by atoms with Gasteiger partial charge >= 0.3 is 5.97 Å². The van der Waals surface area contributed by atoms with Gasteiger partial charge in [0.05, 0.1) is 29.7 Å². The van der Waals surface area contributed by atoms with Crippen LogP contribution in [0.4, 0.5) is 0 Å². The van der Waals surface area contributed by atoms with Gasteiger partial charge in [0.2, 0.25) is 0 Å². The van der Waals surface area contributed by atoms with Gasteiger partial charge in [-0.25, -0.2) is 4.79 Å². The van der Waals surface area contributed by atoms with Gasteiger partial charge in [0, 0.05) is 15.3 Å². The molecule has 3 heterocycles. The van der Waals surface area contributed by atoms with Crippen molar-refractivity contribution in [2.75, 3.05) is 6.61 Å². The summed E-state index contributed by atoms with van der Waals surface area (Å²) in [6, 6.07) is 13.3. The van der Waals surface area contributed by atoms with Crippen molar-refractivity contribution in [3.05, 3.63) is 70.9 Å². The molecule has 4 aromatic rings. The first kappa shape index (κ1) is 17.7. The van der Waals surface area contributed by atoms with Crippen LogP contribution in [0.2, 0.25) is 5.02 Å². The van der Waals surface area contributed by atoms with Crippen LogP contribution < -0.4 is 0 Å². The van der Waals surface area contributed by atoms with Crippen LogP contribution in [0.3, 0.4) is 0 Å². The Kier molecular flexibility index (Phi) is 4.92. The van der Waals surface area contributed by atoms with Crippen LogP contribution >= 0.6 is 22.9 Å². The van der Waals surface area contributed by atoms with Crippen molar-refractivity contribution >= 4 is 39.0 Å². The first-order valence-electron chi connectivity index (χ1n) is 8.40. The van der Waals surface area contributed by atoms with Crippen molar-refractivity contribution in [2.24, 2.45) is 0 Å². The Hall–Kier alpha value is -2.70. The number of carbonyl (C=O) groups excluding carboxylic acids is 1. The maximum Gasteiger partial charge on any atom is 0.360 e.